The first-order chi connectivity index (χ1) is 12.4. The minimum Gasteiger partial charge on any atom is -0.480 e. The monoisotopic (exact) mass is 360 g/mol. The molecular weight excluding hydrogens is 336 g/mol. The number of nitrogens with zero attached hydrogens (tertiary/aromatic N) is 3. The van der Waals surface area contributed by atoms with Gasteiger partial charge in [0.25, 0.3) is 0 Å². The summed E-state index contributed by atoms with van der Waals surface area (Å²) in [6, 6.07) is 9.93. The molecule has 1 aliphatic heterocycles. The van der Waals surface area contributed by atoms with E-state index in [1.807, 2.05) is 32.0 Å². The number of para-hydroxylation sites is 1. The third-order valence-corrected chi connectivity index (χ3v) is 4.03. The van der Waals surface area contributed by atoms with Crippen LogP contribution in [-0.2, 0) is 9.63 Å². The number of carbonyl (C=O) groups excluding carboxylic acids is 1. The van der Waals surface area contributed by atoms with E-state index in [1.54, 1.807) is 17.0 Å². The van der Waals surface area contributed by atoms with E-state index in [1.165, 1.54) is 5.06 Å². The second kappa shape index (κ2) is 9.17. The SMILES string of the molecule is CC(C)ON(C(=O)Nc1ccccc1)C1CCC(C#N)N(CC(=O)O)C1. The van der Waals surface area contributed by atoms with Crippen LogP contribution in [0.4, 0.5) is 10.5 Å². The fourth-order valence-corrected chi connectivity index (χ4v) is 2.94. The molecule has 0 aliphatic carbocycles. The molecule has 0 radical (unpaired) electrons. The Bertz CT molecular complexity index is 659. The van der Waals surface area contributed by atoms with Gasteiger partial charge >= 0.3 is 12.0 Å². The maximum absolute atomic E-state index is 12.7. The predicted molar refractivity (Wildman–Crippen MR) is 95.2 cm³/mol. The highest BCUT2D eigenvalue weighted by Gasteiger charge is 2.35. The molecule has 140 valence electrons. The molecule has 2 unspecified atom stereocenters. The lowest BCUT2D eigenvalue weighted by molar-refractivity contribution is -0.180. The van der Waals surface area contributed by atoms with Gasteiger partial charge in [0.2, 0.25) is 0 Å². The summed E-state index contributed by atoms with van der Waals surface area (Å²) >= 11 is 0. The first-order valence-electron chi connectivity index (χ1n) is 8.58. The van der Waals surface area contributed by atoms with Crippen molar-refractivity contribution in [2.24, 2.45) is 0 Å². The maximum Gasteiger partial charge on any atom is 0.346 e. The first-order valence-corrected chi connectivity index (χ1v) is 8.58. The molecule has 26 heavy (non-hydrogen) atoms. The molecule has 1 fully saturated rings. The Labute approximate surface area is 152 Å². The number of anilines is 1. The van der Waals surface area contributed by atoms with Gasteiger partial charge in [-0.1, -0.05) is 18.2 Å². The van der Waals surface area contributed by atoms with Gasteiger partial charge < -0.3 is 10.4 Å². The zero-order valence-corrected chi connectivity index (χ0v) is 15.0. The number of urea groups is 1. The molecule has 2 atom stereocenters. The summed E-state index contributed by atoms with van der Waals surface area (Å²) in [6.07, 6.45) is 0.812. The molecule has 0 aromatic heterocycles. The minimum atomic E-state index is -1.00. The third kappa shape index (κ3) is 5.44. The van der Waals surface area contributed by atoms with Gasteiger partial charge in [-0.3, -0.25) is 14.5 Å². The Morgan fingerprint density at radius 2 is 2.08 bits per heavy atom. The summed E-state index contributed by atoms with van der Waals surface area (Å²) in [7, 11) is 0. The van der Waals surface area contributed by atoms with E-state index in [4.69, 9.17) is 9.94 Å². The number of nitriles is 1. The summed E-state index contributed by atoms with van der Waals surface area (Å²) < 4.78 is 0. The van der Waals surface area contributed by atoms with E-state index in [0.717, 1.165) is 0 Å². The van der Waals surface area contributed by atoms with Crippen molar-refractivity contribution < 1.29 is 19.5 Å². The van der Waals surface area contributed by atoms with E-state index < -0.39 is 18.0 Å². The van der Waals surface area contributed by atoms with Crippen LogP contribution in [0.25, 0.3) is 0 Å². The van der Waals surface area contributed by atoms with Crippen LogP contribution in [0.15, 0.2) is 30.3 Å². The van der Waals surface area contributed by atoms with Crippen molar-refractivity contribution in [3.63, 3.8) is 0 Å². The van der Waals surface area contributed by atoms with Crippen molar-refractivity contribution in [3.8, 4) is 6.07 Å². The lowest BCUT2D eigenvalue weighted by Crippen LogP contribution is -2.55. The number of likely N-dealkylation sites (tertiary alicyclic amines) is 1. The van der Waals surface area contributed by atoms with Crippen LogP contribution >= 0.6 is 0 Å². The number of nitrogens with one attached hydrogen (secondary N) is 1. The number of carbonyl (C=O) groups is 2. The van der Waals surface area contributed by atoms with Crippen LogP contribution in [0.3, 0.4) is 0 Å². The number of hydroxylamine groups is 2. The molecule has 0 bridgehead atoms. The zero-order valence-electron chi connectivity index (χ0n) is 15.0. The van der Waals surface area contributed by atoms with Crippen molar-refractivity contribution in [3.05, 3.63) is 30.3 Å². The molecule has 1 saturated heterocycles. The van der Waals surface area contributed by atoms with Gasteiger partial charge in [0, 0.05) is 12.2 Å². The van der Waals surface area contributed by atoms with Crippen molar-refractivity contribution in [2.45, 2.75) is 44.9 Å². The molecule has 1 aliphatic rings. The number of rotatable bonds is 6. The number of carboxylic acid groups (broad SMARTS) is 1. The van der Waals surface area contributed by atoms with Crippen LogP contribution in [0.1, 0.15) is 26.7 Å². The minimum absolute atomic E-state index is 0.224. The molecule has 2 N–H and O–H groups in total. The standard InChI is InChI=1S/C18H24N4O4/c1-13(2)26-22(18(25)20-14-6-4-3-5-7-14)16-9-8-15(10-19)21(11-16)12-17(23)24/h3-7,13,15-16H,8-9,11-12H2,1-2H3,(H,20,25)(H,23,24). The second-order valence-electron chi connectivity index (χ2n) is 6.48. The summed E-state index contributed by atoms with van der Waals surface area (Å²) in [5.74, 6) is -1.00. The van der Waals surface area contributed by atoms with Gasteiger partial charge in [-0.15, -0.1) is 0 Å². The number of aliphatic carboxylic acids is 1. The third-order valence-electron chi connectivity index (χ3n) is 4.03. The van der Waals surface area contributed by atoms with Crippen LogP contribution in [0.2, 0.25) is 0 Å². The lowest BCUT2D eigenvalue weighted by atomic mass is 9.99. The number of amides is 2. The summed E-state index contributed by atoms with van der Waals surface area (Å²) in [5.41, 5.74) is 0.642. The van der Waals surface area contributed by atoms with E-state index in [0.29, 0.717) is 18.5 Å². The van der Waals surface area contributed by atoms with E-state index in [-0.39, 0.29) is 25.2 Å². The second-order valence-corrected chi connectivity index (χ2v) is 6.48. The molecular formula is C18H24N4O4. The van der Waals surface area contributed by atoms with Crippen molar-refractivity contribution in [2.75, 3.05) is 18.4 Å². The Morgan fingerprint density at radius 3 is 2.65 bits per heavy atom. The molecule has 0 spiro atoms. The molecule has 0 saturated carbocycles. The van der Waals surface area contributed by atoms with Crippen LogP contribution in [0, 0.1) is 11.3 Å². The van der Waals surface area contributed by atoms with Gasteiger partial charge in [0.1, 0.15) is 0 Å². The number of hydrogen-bond acceptors (Lipinski definition) is 5. The summed E-state index contributed by atoms with van der Waals surface area (Å²) in [4.78, 5) is 31.1. The topological polar surface area (TPSA) is 106 Å². The summed E-state index contributed by atoms with van der Waals surface area (Å²) in [6.45, 7) is 3.65. The largest absolute Gasteiger partial charge is 0.480 e. The smallest absolute Gasteiger partial charge is 0.346 e. The Balaban J connectivity index is 2.13. The zero-order chi connectivity index (χ0) is 19.1. The van der Waals surface area contributed by atoms with Crippen LogP contribution < -0.4 is 5.32 Å². The van der Waals surface area contributed by atoms with Gasteiger partial charge in [-0.2, -0.15) is 10.3 Å². The Kier molecular flexibility index (Phi) is 6.95. The molecule has 2 amide bonds. The molecule has 1 aromatic carbocycles. The summed E-state index contributed by atoms with van der Waals surface area (Å²) in [5, 5.41) is 22.4. The fraction of sp³-hybridized carbons (Fsp3) is 0.500. The Hall–Kier alpha value is -2.63. The van der Waals surface area contributed by atoms with E-state index in [2.05, 4.69) is 11.4 Å². The van der Waals surface area contributed by atoms with Crippen molar-refractivity contribution in [1.82, 2.24) is 9.96 Å². The van der Waals surface area contributed by atoms with Gasteiger partial charge in [0.05, 0.1) is 30.8 Å². The van der Waals surface area contributed by atoms with Gasteiger partial charge in [-0.05, 0) is 38.8 Å². The Morgan fingerprint density at radius 1 is 1.38 bits per heavy atom. The molecule has 1 heterocycles. The van der Waals surface area contributed by atoms with Crippen molar-refractivity contribution >= 4 is 17.7 Å². The fourth-order valence-electron chi connectivity index (χ4n) is 2.94. The van der Waals surface area contributed by atoms with Gasteiger partial charge in [0.15, 0.2) is 0 Å². The van der Waals surface area contributed by atoms with Crippen LogP contribution in [-0.4, -0.2) is 58.3 Å². The highest BCUT2D eigenvalue weighted by Crippen LogP contribution is 2.23. The normalized spacial score (nSPS) is 20.4. The maximum atomic E-state index is 12.7. The van der Waals surface area contributed by atoms with E-state index >= 15 is 0 Å². The number of piperidine rings is 1. The van der Waals surface area contributed by atoms with Gasteiger partial charge in [-0.25, -0.2) is 4.79 Å². The number of hydrogen-bond donors (Lipinski definition) is 2. The number of benzene rings is 1. The first kappa shape index (κ1) is 19.7. The lowest BCUT2D eigenvalue weighted by Gasteiger charge is -2.40. The van der Waals surface area contributed by atoms with Crippen LogP contribution in [0.5, 0.6) is 0 Å². The molecule has 8 heteroatoms. The quantitative estimate of drug-likeness (QED) is 0.754. The predicted octanol–water partition coefficient (Wildman–Crippen LogP) is 2.30. The van der Waals surface area contributed by atoms with E-state index in [9.17, 15) is 14.9 Å². The average Bonchev–Trinajstić information content (AvgIpc) is 2.59. The molecule has 2 rings (SSSR count). The number of carboxylic acids is 1. The highest BCUT2D eigenvalue weighted by atomic mass is 16.7. The molecule has 8 nitrogen and oxygen atoms in total. The molecule has 1 aromatic rings. The van der Waals surface area contributed by atoms with Crippen molar-refractivity contribution in [1.29, 1.82) is 5.26 Å². The highest BCUT2D eigenvalue weighted by molar-refractivity contribution is 5.88. The average molecular weight is 360 g/mol.